The Balaban J connectivity index is 2.72. The highest BCUT2D eigenvalue weighted by atomic mass is 79.9. The normalized spacial score (nSPS) is 10.2. The molecule has 0 heterocycles. The van der Waals surface area contributed by atoms with E-state index in [2.05, 4.69) is 41.1 Å². The van der Waals surface area contributed by atoms with Crippen molar-refractivity contribution < 1.29 is 0 Å². The fourth-order valence-electron chi connectivity index (χ4n) is 1.26. The summed E-state index contributed by atoms with van der Waals surface area (Å²) in [5.74, 6) is 0. The summed E-state index contributed by atoms with van der Waals surface area (Å²) in [6, 6.07) is 6.48. The average molecular weight is 228 g/mol. The molecule has 0 saturated heterocycles. The van der Waals surface area contributed by atoms with Crippen LogP contribution in [0.1, 0.15) is 17.5 Å². The summed E-state index contributed by atoms with van der Waals surface area (Å²) in [6.45, 7) is 2.88. The van der Waals surface area contributed by atoms with Crippen LogP contribution in [0.25, 0.3) is 0 Å². The molecule has 0 aliphatic carbocycles. The van der Waals surface area contributed by atoms with E-state index in [0.717, 1.165) is 23.9 Å². The second-order valence-electron chi connectivity index (χ2n) is 3.03. The van der Waals surface area contributed by atoms with Crippen LogP contribution in [0.4, 0.5) is 0 Å². The van der Waals surface area contributed by atoms with E-state index in [1.807, 2.05) is 0 Å². The van der Waals surface area contributed by atoms with Gasteiger partial charge in [-0.05, 0) is 49.6 Å². The van der Waals surface area contributed by atoms with E-state index in [-0.39, 0.29) is 0 Å². The van der Waals surface area contributed by atoms with E-state index in [0.29, 0.717) is 0 Å². The molecule has 0 atom stereocenters. The maximum absolute atomic E-state index is 5.44. The van der Waals surface area contributed by atoms with Crippen molar-refractivity contribution in [3.05, 3.63) is 33.8 Å². The number of rotatable bonds is 3. The first-order valence-corrected chi connectivity index (χ1v) is 4.98. The Hall–Kier alpha value is -0.340. The van der Waals surface area contributed by atoms with Crippen LogP contribution in [0.15, 0.2) is 22.7 Å². The van der Waals surface area contributed by atoms with E-state index in [1.165, 1.54) is 11.1 Å². The first-order valence-electron chi connectivity index (χ1n) is 4.18. The first-order chi connectivity index (χ1) is 5.72. The van der Waals surface area contributed by atoms with Crippen molar-refractivity contribution in [2.45, 2.75) is 19.8 Å². The molecule has 0 aromatic heterocycles. The third-order valence-corrected chi connectivity index (χ3v) is 2.23. The molecule has 1 aromatic rings. The molecule has 1 aromatic carbocycles. The summed E-state index contributed by atoms with van der Waals surface area (Å²) in [7, 11) is 0. The van der Waals surface area contributed by atoms with Gasteiger partial charge in [0.15, 0.2) is 0 Å². The van der Waals surface area contributed by atoms with Crippen LogP contribution in [-0.4, -0.2) is 6.54 Å². The molecular formula is C10H14BrN. The van der Waals surface area contributed by atoms with Crippen LogP contribution in [0.2, 0.25) is 0 Å². The lowest BCUT2D eigenvalue weighted by atomic mass is 10.1. The van der Waals surface area contributed by atoms with Gasteiger partial charge in [0.05, 0.1) is 0 Å². The van der Waals surface area contributed by atoms with Gasteiger partial charge in [0.2, 0.25) is 0 Å². The van der Waals surface area contributed by atoms with Crippen molar-refractivity contribution in [3.63, 3.8) is 0 Å². The van der Waals surface area contributed by atoms with Crippen LogP contribution in [0, 0.1) is 6.92 Å². The predicted molar refractivity (Wildman–Crippen MR) is 56.3 cm³/mol. The van der Waals surface area contributed by atoms with Gasteiger partial charge < -0.3 is 5.73 Å². The van der Waals surface area contributed by atoms with Crippen LogP contribution in [0.5, 0.6) is 0 Å². The summed E-state index contributed by atoms with van der Waals surface area (Å²) < 4.78 is 1.16. The maximum atomic E-state index is 5.44. The van der Waals surface area contributed by atoms with Gasteiger partial charge in [-0.3, -0.25) is 0 Å². The molecular weight excluding hydrogens is 214 g/mol. The quantitative estimate of drug-likeness (QED) is 0.845. The lowest BCUT2D eigenvalue weighted by Gasteiger charge is -2.02. The predicted octanol–water partition coefficient (Wildman–Crippen LogP) is 2.65. The second kappa shape index (κ2) is 4.63. The average Bonchev–Trinajstić information content (AvgIpc) is 1.99. The third-order valence-electron chi connectivity index (χ3n) is 1.77. The molecule has 1 nitrogen and oxygen atoms in total. The molecule has 0 spiro atoms. The fraction of sp³-hybridized carbons (Fsp3) is 0.400. The van der Waals surface area contributed by atoms with E-state index in [9.17, 15) is 0 Å². The van der Waals surface area contributed by atoms with Gasteiger partial charge in [-0.2, -0.15) is 0 Å². The minimum Gasteiger partial charge on any atom is -0.330 e. The molecule has 66 valence electrons. The van der Waals surface area contributed by atoms with Gasteiger partial charge in [-0.1, -0.05) is 22.0 Å². The number of hydrogen-bond donors (Lipinski definition) is 1. The summed E-state index contributed by atoms with van der Waals surface area (Å²) in [4.78, 5) is 0. The smallest absolute Gasteiger partial charge is 0.0180 e. The fourth-order valence-corrected chi connectivity index (χ4v) is 1.92. The standard InChI is InChI=1S/C10H14BrN/c1-8-5-9(3-2-4-12)7-10(11)6-8/h5-7H,2-4,12H2,1H3. The molecule has 0 unspecified atom stereocenters. The molecule has 2 heteroatoms. The Bertz CT molecular complexity index is 238. The molecule has 0 amide bonds. The van der Waals surface area contributed by atoms with Gasteiger partial charge in [0.25, 0.3) is 0 Å². The Kier molecular flexibility index (Phi) is 3.76. The minimum absolute atomic E-state index is 0.769. The third kappa shape index (κ3) is 2.95. The monoisotopic (exact) mass is 227 g/mol. The number of benzene rings is 1. The van der Waals surface area contributed by atoms with Gasteiger partial charge >= 0.3 is 0 Å². The molecule has 2 N–H and O–H groups in total. The highest BCUT2D eigenvalue weighted by molar-refractivity contribution is 9.10. The van der Waals surface area contributed by atoms with Crippen molar-refractivity contribution >= 4 is 15.9 Å². The molecule has 0 bridgehead atoms. The topological polar surface area (TPSA) is 26.0 Å². The SMILES string of the molecule is Cc1cc(Br)cc(CCCN)c1. The van der Waals surface area contributed by atoms with Crippen molar-refractivity contribution in [1.29, 1.82) is 0 Å². The molecule has 0 radical (unpaired) electrons. The zero-order valence-corrected chi connectivity index (χ0v) is 8.89. The van der Waals surface area contributed by atoms with E-state index >= 15 is 0 Å². The van der Waals surface area contributed by atoms with Crippen LogP contribution in [0.3, 0.4) is 0 Å². The van der Waals surface area contributed by atoms with E-state index in [4.69, 9.17) is 5.73 Å². The molecule has 0 aliphatic heterocycles. The summed E-state index contributed by atoms with van der Waals surface area (Å²) in [6.07, 6.45) is 2.15. The van der Waals surface area contributed by atoms with Gasteiger partial charge in [0, 0.05) is 4.47 Å². The first kappa shape index (κ1) is 9.75. The van der Waals surface area contributed by atoms with E-state index < -0.39 is 0 Å². The Morgan fingerprint density at radius 3 is 2.67 bits per heavy atom. The Labute approximate surface area is 82.1 Å². The van der Waals surface area contributed by atoms with Crippen LogP contribution >= 0.6 is 15.9 Å². The molecule has 0 saturated carbocycles. The Morgan fingerprint density at radius 1 is 1.33 bits per heavy atom. The zero-order valence-electron chi connectivity index (χ0n) is 7.31. The number of nitrogens with two attached hydrogens (primary N) is 1. The lowest BCUT2D eigenvalue weighted by Crippen LogP contribution is -2.00. The molecule has 1 rings (SSSR count). The molecule has 0 aliphatic rings. The highest BCUT2D eigenvalue weighted by Gasteiger charge is 1.95. The van der Waals surface area contributed by atoms with E-state index in [1.54, 1.807) is 0 Å². The summed E-state index contributed by atoms with van der Waals surface area (Å²) >= 11 is 3.47. The number of hydrogen-bond acceptors (Lipinski definition) is 1. The van der Waals surface area contributed by atoms with Gasteiger partial charge in [0.1, 0.15) is 0 Å². The second-order valence-corrected chi connectivity index (χ2v) is 3.94. The highest BCUT2D eigenvalue weighted by Crippen LogP contribution is 2.16. The van der Waals surface area contributed by atoms with Crippen molar-refractivity contribution in [2.24, 2.45) is 5.73 Å². The lowest BCUT2D eigenvalue weighted by molar-refractivity contribution is 0.831. The minimum atomic E-state index is 0.769. The summed E-state index contributed by atoms with van der Waals surface area (Å²) in [5.41, 5.74) is 8.11. The van der Waals surface area contributed by atoms with Crippen LogP contribution < -0.4 is 5.73 Å². The largest absolute Gasteiger partial charge is 0.330 e. The van der Waals surface area contributed by atoms with Crippen molar-refractivity contribution in [2.75, 3.05) is 6.54 Å². The molecule has 12 heavy (non-hydrogen) atoms. The van der Waals surface area contributed by atoms with Crippen molar-refractivity contribution in [1.82, 2.24) is 0 Å². The zero-order chi connectivity index (χ0) is 8.97. The number of halogens is 1. The van der Waals surface area contributed by atoms with Crippen molar-refractivity contribution in [3.8, 4) is 0 Å². The summed E-state index contributed by atoms with van der Waals surface area (Å²) in [5, 5.41) is 0. The van der Waals surface area contributed by atoms with Crippen LogP contribution in [-0.2, 0) is 6.42 Å². The van der Waals surface area contributed by atoms with Gasteiger partial charge in [-0.15, -0.1) is 0 Å². The van der Waals surface area contributed by atoms with Gasteiger partial charge in [-0.25, -0.2) is 0 Å². The molecule has 0 fully saturated rings. The maximum Gasteiger partial charge on any atom is 0.0180 e. The number of aryl methyl sites for hydroxylation is 2. The Morgan fingerprint density at radius 2 is 2.08 bits per heavy atom.